The number of sulfonamides is 1. The summed E-state index contributed by atoms with van der Waals surface area (Å²) < 4.78 is 86.7. The molecule has 0 atom stereocenters. The van der Waals surface area contributed by atoms with Gasteiger partial charge in [-0.15, -0.1) is 0 Å². The van der Waals surface area contributed by atoms with Gasteiger partial charge in [0.15, 0.2) is 0 Å². The van der Waals surface area contributed by atoms with Crippen LogP contribution in [0.2, 0.25) is 5.02 Å². The highest BCUT2D eigenvalue weighted by Gasteiger charge is 2.35. The molecule has 0 saturated heterocycles. The van der Waals surface area contributed by atoms with Crippen molar-refractivity contribution in [2.75, 3.05) is 23.3 Å². The van der Waals surface area contributed by atoms with Crippen LogP contribution in [0.1, 0.15) is 11.1 Å². The van der Waals surface area contributed by atoms with Crippen molar-refractivity contribution >= 4 is 38.9 Å². The summed E-state index contributed by atoms with van der Waals surface area (Å²) in [7, 11) is -3.22. The van der Waals surface area contributed by atoms with Gasteiger partial charge in [-0.2, -0.15) is 13.2 Å². The molecule has 0 spiro atoms. The van der Waals surface area contributed by atoms with Crippen LogP contribution in [-0.2, 0) is 21.0 Å². The van der Waals surface area contributed by atoms with E-state index in [1.807, 2.05) is 0 Å². The maximum absolute atomic E-state index is 13.6. The number of halogens is 5. The fraction of sp³-hybridized carbons (Fsp3) is 0.174. The zero-order valence-corrected chi connectivity index (χ0v) is 19.9. The molecule has 0 aliphatic heterocycles. The number of anilines is 2. The third-order valence-electron chi connectivity index (χ3n) is 4.85. The quantitative estimate of drug-likeness (QED) is 0.401. The van der Waals surface area contributed by atoms with Gasteiger partial charge in [-0.1, -0.05) is 17.7 Å². The molecule has 3 rings (SSSR count). The van der Waals surface area contributed by atoms with Gasteiger partial charge >= 0.3 is 6.18 Å². The van der Waals surface area contributed by atoms with Gasteiger partial charge in [0.1, 0.15) is 23.0 Å². The van der Waals surface area contributed by atoms with E-state index in [2.05, 4.69) is 5.32 Å². The van der Waals surface area contributed by atoms with Crippen LogP contribution in [-0.4, -0.2) is 28.0 Å². The number of alkyl halides is 3. The molecule has 3 aromatic rings. The minimum absolute atomic E-state index is 0.0137. The van der Waals surface area contributed by atoms with Gasteiger partial charge in [0.05, 0.1) is 24.0 Å². The number of carbonyl (C=O) groups is 1. The number of nitrogens with one attached hydrogen (secondary N) is 1. The molecule has 0 unspecified atom stereocenters. The van der Waals surface area contributed by atoms with Crippen molar-refractivity contribution in [1.82, 2.24) is 0 Å². The Morgan fingerprint density at radius 3 is 2.31 bits per heavy atom. The summed E-state index contributed by atoms with van der Waals surface area (Å²) in [5.41, 5.74) is -1.31. The molecular formula is C23H19ClF4N2O4S. The molecule has 1 N–H and O–H groups in total. The summed E-state index contributed by atoms with van der Waals surface area (Å²) in [6.45, 7) is 0.734. The average molecular weight is 531 g/mol. The molecule has 12 heteroatoms. The Morgan fingerprint density at radius 2 is 1.71 bits per heavy atom. The highest BCUT2D eigenvalue weighted by molar-refractivity contribution is 7.93. The van der Waals surface area contributed by atoms with E-state index in [-0.39, 0.29) is 21.4 Å². The molecule has 6 nitrogen and oxygen atoms in total. The van der Waals surface area contributed by atoms with Gasteiger partial charge in [0, 0.05) is 5.02 Å². The van der Waals surface area contributed by atoms with E-state index in [0.717, 1.165) is 36.4 Å². The third kappa shape index (κ3) is 6.04. The Hall–Kier alpha value is -3.31. The highest BCUT2D eigenvalue weighted by Crippen LogP contribution is 2.37. The van der Waals surface area contributed by atoms with Crippen LogP contribution in [0.25, 0.3) is 0 Å². The van der Waals surface area contributed by atoms with E-state index in [1.165, 1.54) is 19.2 Å². The topological polar surface area (TPSA) is 75.7 Å². The first kappa shape index (κ1) is 26.3. The molecule has 0 radical (unpaired) electrons. The van der Waals surface area contributed by atoms with Crippen LogP contribution in [0.4, 0.5) is 28.9 Å². The van der Waals surface area contributed by atoms with Crippen LogP contribution in [0, 0.1) is 12.7 Å². The predicted octanol–water partition coefficient (Wildman–Crippen LogP) is 5.65. The van der Waals surface area contributed by atoms with Crippen LogP contribution >= 0.6 is 11.6 Å². The van der Waals surface area contributed by atoms with Crippen molar-refractivity contribution in [3.8, 4) is 5.75 Å². The first-order valence-electron chi connectivity index (χ1n) is 9.92. The van der Waals surface area contributed by atoms with Crippen LogP contribution in [0.15, 0.2) is 65.6 Å². The van der Waals surface area contributed by atoms with E-state index < -0.39 is 45.7 Å². The summed E-state index contributed by atoms with van der Waals surface area (Å²) in [4.78, 5) is 12.5. The largest absolute Gasteiger partial charge is 0.495 e. The molecule has 0 bridgehead atoms. The molecule has 0 aromatic heterocycles. The van der Waals surface area contributed by atoms with Crippen LogP contribution in [0.5, 0.6) is 5.75 Å². The molecule has 0 aliphatic carbocycles. The molecule has 0 aliphatic rings. The molecule has 0 heterocycles. The Kier molecular flexibility index (Phi) is 7.61. The minimum Gasteiger partial charge on any atom is -0.495 e. The lowest BCUT2D eigenvalue weighted by Crippen LogP contribution is -2.38. The predicted molar refractivity (Wildman–Crippen MR) is 124 cm³/mol. The van der Waals surface area contributed by atoms with Gasteiger partial charge in [-0.3, -0.25) is 9.10 Å². The van der Waals surface area contributed by atoms with Crippen molar-refractivity contribution in [2.24, 2.45) is 0 Å². The van der Waals surface area contributed by atoms with Gasteiger partial charge in [0.2, 0.25) is 5.91 Å². The second kappa shape index (κ2) is 10.1. The lowest BCUT2D eigenvalue weighted by molar-refractivity contribution is -0.137. The van der Waals surface area contributed by atoms with Gasteiger partial charge in [0.25, 0.3) is 10.0 Å². The number of hydrogen-bond donors (Lipinski definition) is 1. The van der Waals surface area contributed by atoms with E-state index >= 15 is 0 Å². The van der Waals surface area contributed by atoms with E-state index in [4.69, 9.17) is 16.3 Å². The second-order valence-electron chi connectivity index (χ2n) is 7.38. The molecule has 0 saturated carbocycles. The molecule has 1 amide bonds. The summed E-state index contributed by atoms with van der Waals surface area (Å²) in [6, 6.07) is 11.4. The monoisotopic (exact) mass is 530 g/mol. The lowest BCUT2D eigenvalue weighted by atomic mass is 10.1. The lowest BCUT2D eigenvalue weighted by Gasteiger charge is -2.25. The smallest absolute Gasteiger partial charge is 0.418 e. The number of rotatable bonds is 7. The summed E-state index contributed by atoms with van der Waals surface area (Å²) in [5.74, 6) is -1.74. The Labute approximate surface area is 204 Å². The number of amides is 1. The second-order valence-corrected chi connectivity index (χ2v) is 9.65. The van der Waals surface area contributed by atoms with Crippen molar-refractivity contribution in [2.45, 2.75) is 18.0 Å². The number of aryl methyl sites for hydroxylation is 1. The third-order valence-corrected chi connectivity index (χ3v) is 6.88. The van der Waals surface area contributed by atoms with Gasteiger partial charge in [-0.25, -0.2) is 12.8 Å². The molecule has 35 heavy (non-hydrogen) atoms. The standard InChI is InChI=1S/C23H19ClF4N2O4S/c1-14-3-10-20(34-2)21(11-14)35(32,33)30(17-7-5-16(25)6-8-17)13-22(31)29-19-9-4-15(24)12-18(19)23(26,27)28/h3-12H,13H2,1-2H3,(H,29,31). The number of ether oxygens (including phenoxy) is 1. The number of benzene rings is 3. The maximum atomic E-state index is 13.6. The minimum atomic E-state index is -4.83. The summed E-state index contributed by atoms with van der Waals surface area (Å²) in [5, 5.41) is 1.89. The van der Waals surface area contributed by atoms with E-state index in [1.54, 1.807) is 13.0 Å². The fourth-order valence-electron chi connectivity index (χ4n) is 3.21. The Bertz CT molecular complexity index is 1350. The normalized spacial score (nSPS) is 11.7. The first-order chi connectivity index (χ1) is 16.3. The SMILES string of the molecule is COc1ccc(C)cc1S(=O)(=O)N(CC(=O)Nc1ccc(Cl)cc1C(F)(F)F)c1ccc(F)cc1. The fourth-order valence-corrected chi connectivity index (χ4v) is 5.04. The average Bonchev–Trinajstić information content (AvgIpc) is 2.78. The maximum Gasteiger partial charge on any atom is 0.418 e. The molecule has 0 fully saturated rings. The Balaban J connectivity index is 2.04. The van der Waals surface area contributed by atoms with Crippen molar-refractivity contribution in [1.29, 1.82) is 0 Å². The summed E-state index contributed by atoms with van der Waals surface area (Å²) in [6.07, 6.45) is -4.83. The Morgan fingerprint density at radius 1 is 1.06 bits per heavy atom. The van der Waals surface area contributed by atoms with Crippen molar-refractivity contribution in [3.63, 3.8) is 0 Å². The molecular weight excluding hydrogens is 512 g/mol. The van der Waals surface area contributed by atoms with Gasteiger partial charge in [-0.05, 0) is 67.1 Å². The van der Waals surface area contributed by atoms with Crippen LogP contribution in [0.3, 0.4) is 0 Å². The number of carbonyl (C=O) groups excluding carboxylic acids is 1. The van der Waals surface area contributed by atoms with Crippen molar-refractivity contribution < 1.29 is 35.5 Å². The number of methoxy groups -OCH3 is 1. The van der Waals surface area contributed by atoms with Gasteiger partial charge < -0.3 is 10.1 Å². The number of nitrogens with zero attached hydrogens (tertiary/aromatic N) is 1. The van der Waals surface area contributed by atoms with E-state index in [9.17, 15) is 30.8 Å². The zero-order chi connectivity index (χ0) is 26.0. The first-order valence-corrected chi connectivity index (χ1v) is 11.7. The highest BCUT2D eigenvalue weighted by atomic mass is 35.5. The van der Waals surface area contributed by atoms with Crippen LogP contribution < -0.4 is 14.4 Å². The zero-order valence-electron chi connectivity index (χ0n) is 18.4. The van der Waals surface area contributed by atoms with Crippen molar-refractivity contribution in [3.05, 3.63) is 82.6 Å². The van der Waals surface area contributed by atoms with E-state index in [0.29, 0.717) is 15.9 Å². The summed E-state index contributed by atoms with van der Waals surface area (Å²) >= 11 is 5.66. The molecule has 186 valence electrons. The number of hydrogen-bond acceptors (Lipinski definition) is 4. The molecule has 3 aromatic carbocycles.